The average Bonchev–Trinajstić information content (AvgIpc) is 2.56. The van der Waals surface area contributed by atoms with Gasteiger partial charge in [0.05, 0.1) is 6.61 Å². The van der Waals surface area contributed by atoms with Crippen LogP contribution in [0, 0.1) is 0 Å². The van der Waals surface area contributed by atoms with Gasteiger partial charge in [0.2, 0.25) is 0 Å². The van der Waals surface area contributed by atoms with Crippen LogP contribution in [0.4, 0.5) is 0 Å². The fourth-order valence-electron chi connectivity index (χ4n) is 1.73. The van der Waals surface area contributed by atoms with Crippen LogP contribution in [0.5, 0.6) is 11.5 Å². The molecule has 22 heavy (non-hydrogen) atoms. The molecular formula is C17H18O4S. The normalized spacial score (nSPS) is 11.5. The highest BCUT2D eigenvalue weighted by molar-refractivity contribution is 7.98. The molecule has 0 saturated carbocycles. The molecule has 0 aliphatic carbocycles. The lowest BCUT2D eigenvalue weighted by molar-refractivity contribution is -0.165. The molecule has 4 nitrogen and oxygen atoms in total. The third kappa shape index (κ3) is 4.70. The lowest BCUT2D eigenvalue weighted by atomic mass is 10.3. The van der Waals surface area contributed by atoms with Crippen LogP contribution in [-0.2, 0) is 9.53 Å². The molecule has 116 valence electrons. The fraction of sp³-hybridized carbons (Fsp3) is 0.235. The van der Waals surface area contributed by atoms with Crippen molar-refractivity contribution in [1.82, 2.24) is 0 Å². The van der Waals surface area contributed by atoms with Crippen LogP contribution in [-0.4, -0.2) is 25.1 Å². The quantitative estimate of drug-likeness (QED) is 0.442. The number of para-hydroxylation sites is 1. The van der Waals surface area contributed by atoms with Gasteiger partial charge in [0.15, 0.2) is 0 Å². The van der Waals surface area contributed by atoms with Gasteiger partial charge in [-0.1, -0.05) is 18.2 Å². The minimum Gasteiger partial charge on any atom is -0.460 e. The van der Waals surface area contributed by atoms with Crippen molar-refractivity contribution in [3.05, 3.63) is 54.6 Å². The monoisotopic (exact) mass is 318 g/mol. The number of hydrogen-bond acceptors (Lipinski definition) is 5. The summed E-state index contributed by atoms with van der Waals surface area (Å²) in [4.78, 5) is 13.1. The number of rotatable bonds is 7. The van der Waals surface area contributed by atoms with E-state index in [0.717, 1.165) is 4.90 Å². The number of carbonyl (C=O) groups is 1. The van der Waals surface area contributed by atoms with E-state index in [-0.39, 0.29) is 6.61 Å². The Morgan fingerprint density at radius 1 is 1.00 bits per heavy atom. The summed E-state index contributed by atoms with van der Waals surface area (Å²) in [5.41, 5.74) is 0. The molecule has 0 amide bonds. The Bertz CT molecular complexity index is 583. The second-order valence-electron chi connectivity index (χ2n) is 4.31. The van der Waals surface area contributed by atoms with E-state index in [0.29, 0.717) is 11.5 Å². The molecule has 0 N–H and O–H groups in total. The van der Waals surface area contributed by atoms with Gasteiger partial charge >= 0.3 is 12.3 Å². The second kappa shape index (κ2) is 8.34. The van der Waals surface area contributed by atoms with Crippen molar-refractivity contribution in [2.75, 3.05) is 12.9 Å². The Morgan fingerprint density at radius 2 is 1.59 bits per heavy atom. The van der Waals surface area contributed by atoms with E-state index < -0.39 is 12.3 Å². The number of hydrogen-bond donors (Lipinski definition) is 0. The summed E-state index contributed by atoms with van der Waals surface area (Å²) < 4.78 is 16.2. The van der Waals surface area contributed by atoms with Crippen molar-refractivity contribution in [1.29, 1.82) is 0 Å². The maximum absolute atomic E-state index is 12.0. The Hall–Kier alpha value is -2.14. The SMILES string of the molecule is CCOC(=O)C(Oc1ccccc1)Oc1ccc(SC)cc1. The lowest BCUT2D eigenvalue weighted by Crippen LogP contribution is -2.35. The molecule has 0 aliphatic rings. The smallest absolute Gasteiger partial charge is 0.389 e. The second-order valence-corrected chi connectivity index (χ2v) is 5.19. The number of benzene rings is 2. The molecule has 0 bridgehead atoms. The molecule has 1 atom stereocenters. The Kier molecular flexibility index (Phi) is 6.15. The summed E-state index contributed by atoms with van der Waals surface area (Å²) in [7, 11) is 0. The summed E-state index contributed by atoms with van der Waals surface area (Å²) in [6, 6.07) is 16.5. The minimum absolute atomic E-state index is 0.266. The van der Waals surface area contributed by atoms with E-state index in [2.05, 4.69) is 0 Å². The third-order valence-electron chi connectivity index (χ3n) is 2.77. The lowest BCUT2D eigenvalue weighted by Gasteiger charge is -2.19. The van der Waals surface area contributed by atoms with E-state index >= 15 is 0 Å². The fourth-order valence-corrected chi connectivity index (χ4v) is 2.14. The first-order valence-electron chi connectivity index (χ1n) is 6.92. The minimum atomic E-state index is -1.14. The van der Waals surface area contributed by atoms with Crippen molar-refractivity contribution >= 4 is 17.7 Å². The molecule has 0 radical (unpaired) electrons. The number of ether oxygens (including phenoxy) is 3. The zero-order valence-corrected chi connectivity index (χ0v) is 13.3. The van der Waals surface area contributed by atoms with Gasteiger partial charge < -0.3 is 14.2 Å². The highest BCUT2D eigenvalue weighted by atomic mass is 32.2. The molecule has 2 rings (SSSR count). The number of esters is 1. The highest BCUT2D eigenvalue weighted by Crippen LogP contribution is 2.21. The third-order valence-corrected chi connectivity index (χ3v) is 3.51. The Labute approximate surface area is 134 Å². The first-order chi connectivity index (χ1) is 10.7. The van der Waals surface area contributed by atoms with Crippen molar-refractivity contribution < 1.29 is 19.0 Å². The van der Waals surface area contributed by atoms with Gasteiger partial charge in [0.1, 0.15) is 11.5 Å². The van der Waals surface area contributed by atoms with Gasteiger partial charge in [-0.25, -0.2) is 4.79 Å². The van der Waals surface area contributed by atoms with Crippen LogP contribution < -0.4 is 9.47 Å². The predicted octanol–water partition coefficient (Wildman–Crippen LogP) is 3.76. The van der Waals surface area contributed by atoms with Gasteiger partial charge in [-0.15, -0.1) is 11.8 Å². The first kappa shape index (κ1) is 16.2. The molecule has 0 aromatic heterocycles. The van der Waals surface area contributed by atoms with E-state index in [1.54, 1.807) is 43.0 Å². The van der Waals surface area contributed by atoms with Crippen molar-refractivity contribution in [3.8, 4) is 11.5 Å². The molecule has 0 saturated heterocycles. The predicted molar refractivity (Wildman–Crippen MR) is 86.3 cm³/mol. The van der Waals surface area contributed by atoms with Crippen molar-refractivity contribution in [3.63, 3.8) is 0 Å². The zero-order chi connectivity index (χ0) is 15.8. The largest absolute Gasteiger partial charge is 0.460 e. The maximum Gasteiger partial charge on any atom is 0.389 e. The first-order valence-corrected chi connectivity index (χ1v) is 8.14. The van der Waals surface area contributed by atoms with Crippen LogP contribution in [0.3, 0.4) is 0 Å². The summed E-state index contributed by atoms with van der Waals surface area (Å²) >= 11 is 1.64. The highest BCUT2D eigenvalue weighted by Gasteiger charge is 2.24. The molecule has 0 heterocycles. The summed E-state index contributed by atoms with van der Waals surface area (Å²) in [5, 5.41) is 0. The van der Waals surface area contributed by atoms with E-state index in [4.69, 9.17) is 14.2 Å². The van der Waals surface area contributed by atoms with Crippen LogP contribution in [0.2, 0.25) is 0 Å². The summed E-state index contributed by atoms with van der Waals surface area (Å²) in [6.07, 6.45) is 0.859. The van der Waals surface area contributed by atoms with Crippen LogP contribution in [0.25, 0.3) is 0 Å². The number of thioether (sulfide) groups is 1. The zero-order valence-electron chi connectivity index (χ0n) is 12.5. The van der Waals surface area contributed by atoms with E-state index in [1.165, 1.54) is 0 Å². The standard InChI is InChI=1S/C17H18O4S/c1-3-19-16(18)17(20-13-7-5-4-6-8-13)21-14-9-11-15(22-2)12-10-14/h4-12,17H,3H2,1-2H3. The van der Waals surface area contributed by atoms with Crippen molar-refractivity contribution in [2.45, 2.75) is 18.1 Å². The van der Waals surface area contributed by atoms with Gasteiger partial charge in [-0.3, -0.25) is 0 Å². The molecule has 0 fully saturated rings. The van der Waals surface area contributed by atoms with Gasteiger partial charge in [0.25, 0.3) is 0 Å². The molecule has 5 heteroatoms. The molecule has 0 aliphatic heterocycles. The van der Waals surface area contributed by atoms with Gasteiger partial charge in [-0.2, -0.15) is 0 Å². The molecule has 2 aromatic rings. The van der Waals surface area contributed by atoms with E-state index in [1.807, 2.05) is 36.6 Å². The van der Waals surface area contributed by atoms with E-state index in [9.17, 15) is 4.79 Å². The Balaban J connectivity index is 2.11. The Morgan fingerprint density at radius 3 is 2.14 bits per heavy atom. The number of carbonyl (C=O) groups excluding carboxylic acids is 1. The summed E-state index contributed by atoms with van der Waals surface area (Å²) in [6.45, 7) is 2.01. The van der Waals surface area contributed by atoms with Gasteiger partial charge in [0, 0.05) is 4.90 Å². The molecule has 2 aromatic carbocycles. The molecule has 1 unspecified atom stereocenters. The van der Waals surface area contributed by atoms with Gasteiger partial charge in [-0.05, 0) is 49.6 Å². The van der Waals surface area contributed by atoms with Crippen LogP contribution >= 0.6 is 11.8 Å². The topological polar surface area (TPSA) is 44.8 Å². The van der Waals surface area contributed by atoms with Crippen LogP contribution in [0.15, 0.2) is 59.5 Å². The maximum atomic E-state index is 12.0. The molecular weight excluding hydrogens is 300 g/mol. The average molecular weight is 318 g/mol. The van der Waals surface area contributed by atoms with Crippen molar-refractivity contribution in [2.24, 2.45) is 0 Å². The van der Waals surface area contributed by atoms with Crippen LogP contribution in [0.1, 0.15) is 6.92 Å². The molecule has 0 spiro atoms. The summed E-state index contributed by atoms with van der Waals surface area (Å²) in [5.74, 6) is 0.536.